The molecule has 0 saturated heterocycles. The maximum absolute atomic E-state index is 12.5. The minimum Gasteiger partial charge on any atom is -0.495 e. The van der Waals surface area contributed by atoms with Crippen molar-refractivity contribution >= 4 is 23.8 Å². The van der Waals surface area contributed by atoms with Crippen molar-refractivity contribution in [1.82, 2.24) is 14.8 Å². The van der Waals surface area contributed by atoms with Crippen molar-refractivity contribution < 1.29 is 14.3 Å². The molecule has 0 saturated carbocycles. The summed E-state index contributed by atoms with van der Waals surface area (Å²) in [5.41, 5.74) is 2.58. The van der Waals surface area contributed by atoms with Gasteiger partial charge in [0, 0.05) is 18.5 Å². The summed E-state index contributed by atoms with van der Waals surface area (Å²) >= 11 is 5.35. The van der Waals surface area contributed by atoms with Gasteiger partial charge < -0.3 is 14.8 Å². The summed E-state index contributed by atoms with van der Waals surface area (Å²) < 4.78 is 13.1. The minimum atomic E-state index is -0.130. The zero-order valence-corrected chi connectivity index (χ0v) is 17.5. The van der Waals surface area contributed by atoms with Gasteiger partial charge in [-0.25, -0.2) is 0 Å². The van der Waals surface area contributed by atoms with E-state index in [2.05, 4.69) is 15.5 Å². The molecule has 152 valence electrons. The van der Waals surface area contributed by atoms with Crippen molar-refractivity contribution in [2.24, 2.45) is 0 Å². The van der Waals surface area contributed by atoms with Gasteiger partial charge in [-0.3, -0.25) is 14.5 Å². The fourth-order valence-electron chi connectivity index (χ4n) is 2.96. The lowest BCUT2D eigenvalue weighted by Crippen LogP contribution is -2.15. The number of aryl methyl sites for hydroxylation is 1. The third-order valence-corrected chi connectivity index (χ3v) is 4.69. The van der Waals surface area contributed by atoms with Gasteiger partial charge in [-0.15, -0.1) is 0 Å². The Balaban J connectivity index is 1.71. The van der Waals surface area contributed by atoms with Gasteiger partial charge in [0.2, 0.25) is 5.91 Å². The first-order valence-electron chi connectivity index (χ1n) is 9.34. The second-order valence-electron chi connectivity index (χ2n) is 6.46. The van der Waals surface area contributed by atoms with Crippen molar-refractivity contribution in [2.75, 3.05) is 19.0 Å². The van der Waals surface area contributed by atoms with Crippen LogP contribution in [0, 0.1) is 11.7 Å². The molecule has 1 amide bonds. The first-order chi connectivity index (χ1) is 14.0. The molecule has 0 unspecified atom stereocenters. The van der Waals surface area contributed by atoms with E-state index in [1.807, 2.05) is 60.9 Å². The number of carbonyl (C=O) groups is 1. The molecule has 3 rings (SSSR count). The third kappa shape index (κ3) is 5.03. The molecule has 0 aliphatic rings. The summed E-state index contributed by atoms with van der Waals surface area (Å²) in [5, 5.41) is 10.0. The molecule has 1 aromatic heterocycles. The Labute approximate surface area is 174 Å². The Morgan fingerprint density at radius 2 is 2.00 bits per heavy atom. The summed E-state index contributed by atoms with van der Waals surface area (Å²) in [6.07, 6.45) is 0.245. The number of aromatic amines is 1. The van der Waals surface area contributed by atoms with E-state index in [1.54, 1.807) is 7.11 Å². The molecule has 0 bridgehead atoms. The number of hydrogen-bond donors (Lipinski definition) is 2. The average molecular weight is 413 g/mol. The van der Waals surface area contributed by atoms with E-state index in [4.69, 9.17) is 21.7 Å². The molecule has 0 spiro atoms. The summed E-state index contributed by atoms with van der Waals surface area (Å²) in [5.74, 6) is 1.97. The molecule has 0 radical (unpaired) electrons. The summed E-state index contributed by atoms with van der Waals surface area (Å²) in [6.45, 7) is 4.91. The fourth-order valence-corrected chi connectivity index (χ4v) is 3.18. The summed E-state index contributed by atoms with van der Waals surface area (Å²) in [7, 11) is 1.58. The SMILES string of the molecule is CCOc1ccc(-c2n[nH]c(=S)n2CCC(=O)Nc2cc(C)ccc2OC)cc1. The lowest BCUT2D eigenvalue weighted by molar-refractivity contribution is -0.116. The van der Waals surface area contributed by atoms with E-state index in [1.165, 1.54) is 0 Å². The van der Waals surface area contributed by atoms with Crippen LogP contribution in [-0.2, 0) is 11.3 Å². The third-order valence-electron chi connectivity index (χ3n) is 4.37. The van der Waals surface area contributed by atoms with Crippen LogP contribution in [-0.4, -0.2) is 34.4 Å². The number of methoxy groups -OCH3 is 1. The number of nitrogens with zero attached hydrogens (tertiary/aromatic N) is 2. The van der Waals surface area contributed by atoms with Crippen LogP contribution in [0.4, 0.5) is 5.69 Å². The van der Waals surface area contributed by atoms with Gasteiger partial charge in [-0.05, 0) is 68.0 Å². The van der Waals surface area contributed by atoms with Gasteiger partial charge in [0.25, 0.3) is 0 Å². The van der Waals surface area contributed by atoms with Crippen LogP contribution in [0.1, 0.15) is 18.9 Å². The number of anilines is 1. The highest BCUT2D eigenvalue weighted by atomic mass is 32.1. The number of benzene rings is 2. The average Bonchev–Trinajstić information content (AvgIpc) is 3.08. The molecular weight excluding hydrogens is 388 g/mol. The molecule has 8 heteroatoms. The molecule has 1 heterocycles. The predicted octanol–water partition coefficient (Wildman–Crippen LogP) is 4.35. The Hall–Kier alpha value is -3.13. The van der Waals surface area contributed by atoms with Gasteiger partial charge in [0.15, 0.2) is 10.6 Å². The van der Waals surface area contributed by atoms with Crippen LogP contribution in [0.3, 0.4) is 0 Å². The number of aromatic nitrogens is 3. The highest BCUT2D eigenvalue weighted by Gasteiger charge is 2.12. The normalized spacial score (nSPS) is 10.6. The topological polar surface area (TPSA) is 81.2 Å². The number of H-pyrrole nitrogens is 1. The maximum Gasteiger partial charge on any atom is 0.226 e. The number of hydrogen-bond acceptors (Lipinski definition) is 5. The molecule has 3 aromatic rings. The second kappa shape index (κ2) is 9.38. The van der Waals surface area contributed by atoms with E-state index in [0.29, 0.717) is 35.2 Å². The van der Waals surface area contributed by atoms with Gasteiger partial charge in [-0.2, -0.15) is 5.10 Å². The molecule has 0 aliphatic heterocycles. The van der Waals surface area contributed by atoms with Gasteiger partial charge >= 0.3 is 0 Å². The van der Waals surface area contributed by atoms with Crippen molar-refractivity contribution in [2.45, 2.75) is 26.8 Å². The molecule has 7 nitrogen and oxygen atoms in total. The van der Waals surface area contributed by atoms with Crippen LogP contribution >= 0.6 is 12.2 Å². The van der Waals surface area contributed by atoms with Crippen LogP contribution in [0.5, 0.6) is 11.5 Å². The molecule has 0 aliphatic carbocycles. The first-order valence-corrected chi connectivity index (χ1v) is 9.75. The zero-order chi connectivity index (χ0) is 20.8. The maximum atomic E-state index is 12.5. The quantitative estimate of drug-likeness (QED) is 0.538. The van der Waals surface area contributed by atoms with Gasteiger partial charge in [0.1, 0.15) is 11.5 Å². The van der Waals surface area contributed by atoms with Crippen LogP contribution in [0.15, 0.2) is 42.5 Å². The first kappa shape index (κ1) is 20.6. The van der Waals surface area contributed by atoms with Crippen molar-refractivity contribution in [3.05, 3.63) is 52.8 Å². The zero-order valence-electron chi connectivity index (χ0n) is 16.7. The molecular formula is C21H24N4O3S. The summed E-state index contributed by atoms with van der Waals surface area (Å²) in [4.78, 5) is 12.5. The Morgan fingerprint density at radius 3 is 2.69 bits per heavy atom. The number of rotatable bonds is 8. The number of carbonyl (C=O) groups excluding carboxylic acids is 1. The van der Waals surface area contributed by atoms with Crippen LogP contribution in [0.2, 0.25) is 0 Å². The largest absolute Gasteiger partial charge is 0.495 e. The van der Waals surface area contributed by atoms with E-state index < -0.39 is 0 Å². The van der Waals surface area contributed by atoms with E-state index in [0.717, 1.165) is 16.9 Å². The Bertz CT molecular complexity index is 1040. The highest BCUT2D eigenvalue weighted by Crippen LogP contribution is 2.25. The molecule has 2 aromatic carbocycles. The lowest BCUT2D eigenvalue weighted by atomic mass is 10.2. The van der Waals surface area contributed by atoms with Crippen molar-refractivity contribution in [3.63, 3.8) is 0 Å². The van der Waals surface area contributed by atoms with Gasteiger partial charge in [-0.1, -0.05) is 6.07 Å². The van der Waals surface area contributed by atoms with Gasteiger partial charge in [0.05, 0.1) is 19.4 Å². The fraction of sp³-hybridized carbons (Fsp3) is 0.286. The highest BCUT2D eigenvalue weighted by molar-refractivity contribution is 7.71. The lowest BCUT2D eigenvalue weighted by Gasteiger charge is -2.12. The molecule has 0 atom stereocenters. The van der Waals surface area contributed by atoms with Crippen molar-refractivity contribution in [3.8, 4) is 22.9 Å². The number of nitrogens with one attached hydrogen (secondary N) is 2. The Kier molecular flexibility index (Phi) is 6.66. The monoisotopic (exact) mass is 412 g/mol. The van der Waals surface area contributed by atoms with E-state index in [-0.39, 0.29) is 12.3 Å². The molecule has 29 heavy (non-hydrogen) atoms. The van der Waals surface area contributed by atoms with E-state index >= 15 is 0 Å². The van der Waals surface area contributed by atoms with Crippen LogP contribution < -0.4 is 14.8 Å². The standard InChI is InChI=1S/C21H24N4O3S/c1-4-28-16-8-6-15(7-9-16)20-23-24-21(29)25(20)12-11-19(26)22-17-13-14(2)5-10-18(17)27-3/h5-10,13H,4,11-12H2,1-3H3,(H,22,26)(H,24,29). The molecule has 2 N–H and O–H groups in total. The van der Waals surface area contributed by atoms with Crippen LogP contribution in [0.25, 0.3) is 11.4 Å². The predicted molar refractivity (Wildman–Crippen MR) is 115 cm³/mol. The Morgan fingerprint density at radius 1 is 1.24 bits per heavy atom. The minimum absolute atomic E-state index is 0.130. The summed E-state index contributed by atoms with van der Waals surface area (Å²) in [6, 6.07) is 13.3. The molecule has 0 fully saturated rings. The van der Waals surface area contributed by atoms with E-state index in [9.17, 15) is 4.79 Å². The smallest absolute Gasteiger partial charge is 0.226 e. The van der Waals surface area contributed by atoms with Crippen molar-refractivity contribution in [1.29, 1.82) is 0 Å². The second-order valence-corrected chi connectivity index (χ2v) is 6.85. The number of ether oxygens (including phenoxy) is 2. The number of amides is 1.